The molecule has 1 aliphatic rings. The van der Waals surface area contributed by atoms with Crippen LogP contribution in [0.4, 0.5) is 0 Å². The molecule has 1 aromatic carbocycles. The van der Waals surface area contributed by atoms with Crippen LogP contribution < -0.4 is 0 Å². The van der Waals surface area contributed by atoms with Gasteiger partial charge in [0.2, 0.25) is 0 Å². The summed E-state index contributed by atoms with van der Waals surface area (Å²) in [5, 5.41) is 19.1. The van der Waals surface area contributed by atoms with E-state index in [1.165, 1.54) is 50.5 Å². The van der Waals surface area contributed by atoms with Gasteiger partial charge in [-0.05, 0) is 36.8 Å². The van der Waals surface area contributed by atoms with Crippen LogP contribution in [0.15, 0.2) is 24.3 Å². The van der Waals surface area contributed by atoms with E-state index < -0.39 is 11.6 Å². The Labute approximate surface area is 127 Å². The smallest absolute Gasteiger partial charge is 0.306 e. The van der Waals surface area contributed by atoms with Gasteiger partial charge in [-0.25, -0.2) is 0 Å². The molecule has 0 radical (unpaired) electrons. The van der Waals surface area contributed by atoms with E-state index in [4.69, 9.17) is 5.11 Å². The van der Waals surface area contributed by atoms with Crippen molar-refractivity contribution in [3.05, 3.63) is 35.4 Å². The van der Waals surface area contributed by atoms with Crippen LogP contribution in [0.3, 0.4) is 0 Å². The van der Waals surface area contributed by atoms with Gasteiger partial charge in [-0.2, -0.15) is 0 Å². The third kappa shape index (κ3) is 4.57. The second-order valence-corrected chi connectivity index (χ2v) is 6.51. The van der Waals surface area contributed by atoms with E-state index in [1.54, 1.807) is 6.92 Å². The number of carboxylic acid groups (broad SMARTS) is 1. The first-order valence-electron chi connectivity index (χ1n) is 8.03. The number of benzene rings is 1. The molecule has 0 bridgehead atoms. The van der Waals surface area contributed by atoms with Gasteiger partial charge < -0.3 is 10.2 Å². The van der Waals surface area contributed by atoms with E-state index in [9.17, 15) is 9.90 Å². The summed E-state index contributed by atoms with van der Waals surface area (Å²) in [7, 11) is 0. The van der Waals surface area contributed by atoms with Crippen molar-refractivity contribution in [3.8, 4) is 0 Å². The van der Waals surface area contributed by atoms with Crippen LogP contribution in [0.25, 0.3) is 0 Å². The zero-order chi connectivity index (χ0) is 15.3. The normalized spacial score (nSPS) is 20.3. The first-order valence-corrected chi connectivity index (χ1v) is 8.03. The highest BCUT2D eigenvalue weighted by molar-refractivity contribution is 5.68. The van der Waals surface area contributed by atoms with E-state index >= 15 is 0 Å². The number of carboxylic acids is 1. The lowest BCUT2D eigenvalue weighted by Crippen LogP contribution is -2.25. The van der Waals surface area contributed by atoms with Gasteiger partial charge in [-0.3, -0.25) is 4.79 Å². The first kappa shape index (κ1) is 16.0. The van der Waals surface area contributed by atoms with Crippen LogP contribution in [0, 0.1) is 0 Å². The maximum atomic E-state index is 10.8. The van der Waals surface area contributed by atoms with Gasteiger partial charge in [0.05, 0.1) is 12.0 Å². The van der Waals surface area contributed by atoms with Crippen molar-refractivity contribution in [2.75, 3.05) is 0 Å². The van der Waals surface area contributed by atoms with Gasteiger partial charge in [-0.1, -0.05) is 56.4 Å². The monoisotopic (exact) mass is 290 g/mol. The Kier molecular flexibility index (Phi) is 5.40. The van der Waals surface area contributed by atoms with Crippen LogP contribution in [-0.4, -0.2) is 16.2 Å². The molecule has 3 heteroatoms. The molecule has 2 N–H and O–H groups in total. The van der Waals surface area contributed by atoms with Crippen LogP contribution >= 0.6 is 0 Å². The summed E-state index contributed by atoms with van der Waals surface area (Å²) in [4.78, 5) is 10.8. The molecule has 0 spiro atoms. The molecule has 0 amide bonds. The Hall–Kier alpha value is -1.35. The van der Waals surface area contributed by atoms with Gasteiger partial charge in [0.15, 0.2) is 0 Å². The van der Waals surface area contributed by atoms with Crippen molar-refractivity contribution in [2.24, 2.45) is 0 Å². The molecule has 1 atom stereocenters. The third-order valence-electron chi connectivity index (χ3n) is 4.60. The molecular weight excluding hydrogens is 264 g/mol. The largest absolute Gasteiger partial charge is 0.481 e. The molecule has 0 aromatic heterocycles. The molecule has 116 valence electrons. The average Bonchev–Trinajstić information content (AvgIpc) is 2.37. The highest BCUT2D eigenvalue weighted by Crippen LogP contribution is 2.32. The molecule has 3 nitrogen and oxygen atoms in total. The molecule has 2 rings (SSSR count). The summed E-state index contributed by atoms with van der Waals surface area (Å²) in [5.74, 6) is -0.368. The zero-order valence-corrected chi connectivity index (χ0v) is 12.8. The fraction of sp³-hybridized carbons (Fsp3) is 0.611. The van der Waals surface area contributed by atoms with E-state index in [2.05, 4.69) is 12.1 Å². The van der Waals surface area contributed by atoms with Crippen molar-refractivity contribution in [3.63, 3.8) is 0 Å². The Morgan fingerprint density at radius 3 is 2.14 bits per heavy atom. The lowest BCUT2D eigenvalue weighted by atomic mass is 9.84. The lowest BCUT2D eigenvalue weighted by Gasteiger charge is -2.24. The summed E-state index contributed by atoms with van der Waals surface area (Å²) in [5.41, 5.74) is 0.706. The minimum atomic E-state index is -1.30. The summed E-state index contributed by atoms with van der Waals surface area (Å²) in [6.45, 7) is 1.56. The van der Waals surface area contributed by atoms with Crippen molar-refractivity contribution in [1.29, 1.82) is 0 Å². The molecule has 21 heavy (non-hydrogen) atoms. The molecule has 0 saturated heterocycles. The van der Waals surface area contributed by atoms with E-state index in [0.29, 0.717) is 11.5 Å². The topological polar surface area (TPSA) is 57.5 Å². The van der Waals surface area contributed by atoms with E-state index in [1.807, 2.05) is 12.1 Å². The summed E-state index contributed by atoms with van der Waals surface area (Å²) in [6, 6.07) is 7.91. The van der Waals surface area contributed by atoms with Crippen LogP contribution in [-0.2, 0) is 10.4 Å². The third-order valence-corrected chi connectivity index (χ3v) is 4.60. The zero-order valence-electron chi connectivity index (χ0n) is 12.8. The minimum absolute atomic E-state index is 0.268. The molecule has 1 aromatic rings. The summed E-state index contributed by atoms with van der Waals surface area (Å²) in [6.07, 6.45) is 8.84. The molecule has 0 aliphatic heterocycles. The fourth-order valence-electron chi connectivity index (χ4n) is 3.30. The van der Waals surface area contributed by atoms with E-state index in [0.717, 1.165) is 0 Å². The molecule has 1 fully saturated rings. The molecule has 1 unspecified atom stereocenters. The second kappa shape index (κ2) is 7.08. The number of hydrogen-bond donors (Lipinski definition) is 2. The lowest BCUT2D eigenvalue weighted by molar-refractivity contribution is -0.142. The highest BCUT2D eigenvalue weighted by atomic mass is 16.4. The van der Waals surface area contributed by atoms with Gasteiger partial charge in [0, 0.05) is 0 Å². The maximum Gasteiger partial charge on any atom is 0.306 e. The van der Waals surface area contributed by atoms with Gasteiger partial charge in [0.25, 0.3) is 0 Å². The Balaban J connectivity index is 2.08. The number of aliphatic hydroxyl groups is 1. The van der Waals surface area contributed by atoms with E-state index in [-0.39, 0.29) is 6.42 Å². The second-order valence-electron chi connectivity index (χ2n) is 6.51. The maximum absolute atomic E-state index is 10.8. The fourth-order valence-corrected chi connectivity index (χ4v) is 3.30. The number of rotatable bonds is 4. The predicted molar refractivity (Wildman–Crippen MR) is 83.3 cm³/mol. The SMILES string of the molecule is CC(O)(CC(=O)O)c1ccc(C2CCCCCCC2)cc1. The van der Waals surface area contributed by atoms with Gasteiger partial charge in [0.1, 0.15) is 0 Å². The average molecular weight is 290 g/mol. The Morgan fingerprint density at radius 2 is 1.62 bits per heavy atom. The Bertz CT molecular complexity index is 454. The summed E-state index contributed by atoms with van der Waals surface area (Å²) >= 11 is 0. The first-order chi connectivity index (χ1) is 9.99. The predicted octanol–water partition coefficient (Wildman–Crippen LogP) is 4.20. The number of aliphatic carboxylic acids is 1. The van der Waals surface area contributed by atoms with Crippen molar-refractivity contribution in [2.45, 2.75) is 69.8 Å². The minimum Gasteiger partial charge on any atom is -0.481 e. The molecule has 0 heterocycles. The van der Waals surface area contributed by atoms with Crippen molar-refractivity contribution < 1.29 is 15.0 Å². The molecular formula is C18H26O3. The van der Waals surface area contributed by atoms with Crippen LogP contribution in [0.5, 0.6) is 0 Å². The quantitative estimate of drug-likeness (QED) is 0.874. The summed E-state index contributed by atoms with van der Waals surface area (Å²) < 4.78 is 0. The van der Waals surface area contributed by atoms with Crippen LogP contribution in [0.1, 0.15) is 75.3 Å². The van der Waals surface area contributed by atoms with Gasteiger partial charge >= 0.3 is 5.97 Å². The highest BCUT2D eigenvalue weighted by Gasteiger charge is 2.26. The van der Waals surface area contributed by atoms with Gasteiger partial charge in [-0.15, -0.1) is 0 Å². The van der Waals surface area contributed by atoms with Crippen molar-refractivity contribution >= 4 is 5.97 Å². The number of hydrogen-bond acceptors (Lipinski definition) is 2. The molecule has 1 aliphatic carbocycles. The standard InChI is InChI=1S/C18H26O3/c1-18(21,13-17(19)20)16-11-9-15(10-12-16)14-7-5-3-2-4-6-8-14/h9-12,14,21H,2-8,13H2,1H3,(H,19,20). The van der Waals surface area contributed by atoms with Crippen molar-refractivity contribution in [1.82, 2.24) is 0 Å². The number of carbonyl (C=O) groups is 1. The van der Waals surface area contributed by atoms with Crippen LogP contribution in [0.2, 0.25) is 0 Å². The Morgan fingerprint density at radius 1 is 1.10 bits per heavy atom. The molecule has 1 saturated carbocycles.